The van der Waals surface area contributed by atoms with Crippen LogP contribution < -0.4 is 4.90 Å². The third kappa shape index (κ3) is 3.12. The summed E-state index contributed by atoms with van der Waals surface area (Å²) in [5.41, 5.74) is -0.221. The summed E-state index contributed by atoms with van der Waals surface area (Å²) in [5, 5.41) is 10.9. The van der Waals surface area contributed by atoms with Gasteiger partial charge in [-0.05, 0) is 6.07 Å². The molecule has 0 radical (unpaired) electrons. The highest BCUT2D eigenvalue weighted by molar-refractivity contribution is 6.05. The van der Waals surface area contributed by atoms with E-state index in [-0.39, 0.29) is 29.9 Å². The number of amides is 1. The number of rotatable bonds is 4. The van der Waals surface area contributed by atoms with E-state index < -0.39 is 28.7 Å². The summed E-state index contributed by atoms with van der Waals surface area (Å²) in [6, 6.07) is 3.48. The maximum atomic E-state index is 12.1. The Morgan fingerprint density at radius 1 is 1.30 bits per heavy atom. The van der Waals surface area contributed by atoms with Gasteiger partial charge in [0.25, 0.3) is 5.69 Å². The van der Waals surface area contributed by atoms with Crippen LogP contribution in [-0.2, 0) is 19.1 Å². The number of methoxy groups -OCH3 is 2. The zero-order valence-electron chi connectivity index (χ0n) is 12.5. The fraction of sp³-hybridized carbons (Fsp3) is 0.357. The predicted molar refractivity (Wildman–Crippen MR) is 76.9 cm³/mol. The molecular weight excluding hydrogens is 308 g/mol. The molecule has 1 fully saturated rings. The lowest BCUT2D eigenvalue weighted by molar-refractivity contribution is -0.384. The maximum Gasteiger partial charge on any atom is 0.339 e. The largest absolute Gasteiger partial charge is 0.469 e. The fourth-order valence-electron chi connectivity index (χ4n) is 2.40. The molecule has 2 rings (SSSR count). The van der Waals surface area contributed by atoms with Crippen LogP contribution in [0, 0.1) is 16.0 Å². The van der Waals surface area contributed by atoms with Crippen LogP contribution in [0.5, 0.6) is 0 Å². The Bertz CT molecular complexity index is 686. The Morgan fingerprint density at radius 3 is 2.57 bits per heavy atom. The standard InChI is InChI=1S/C14H14N2O7/c1-22-13(18)8-5-12(17)15(7-8)11-6-9(16(20)21)3-4-10(11)14(19)23-2/h3-4,6,8H,5,7H2,1-2H3. The number of nitro groups is 1. The zero-order valence-corrected chi connectivity index (χ0v) is 12.5. The number of nitro benzene ring substituents is 1. The maximum absolute atomic E-state index is 12.1. The van der Waals surface area contributed by atoms with E-state index in [1.165, 1.54) is 18.1 Å². The van der Waals surface area contributed by atoms with E-state index in [1.54, 1.807) is 0 Å². The number of hydrogen-bond donors (Lipinski definition) is 0. The summed E-state index contributed by atoms with van der Waals surface area (Å²) in [5.74, 6) is -2.39. The first-order valence-corrected chi connectivity index (χ1v) is 6.64. The summed E-state index contributed by atoms with van der Waals surface area (Å²) in [4.78, 5) is 47.0. The van der Waals surface area contributed by atoms with E-state index in [1.807, 2.05) is 0 Å². The third-order valence-corrected chi connectivity index (χ3v) is 3.55. The summed E-state index contributed by atoms with van der Waals surface area (Å²) in [6.07, 6.45) is -0.0873. The zero-order chi connectivity index (χ0) is 17.1. The van der Waals surface area contributed by atoms with Gasteiger partial charge < -0.3 is 14.4 Å². The van der Waals surface area contributed by atoms with Crippen molar-refractivity contribution < 1.29 is 28.8 Å². The molecule has 0 N–H and O–H groups in total. The number of benzene rings is 1. The highest BCUT2D eigenvalue weighted by Gasteiger charge is 2.38. The second-order valence-electron chi connectivity index (χ2n) is 4.88. The number of non-ortho nitro benzene ring substituents is 1. The van der Waals surface area contributed by atoms with Crippen molar-refractivity contribution in [3.63, 3.8) is 0 Å². The molecule has 1 amide bonds. The van der Waals surface area contributed by atoms with Crippen molar-refractivity contribution in [1.82, 2.24) is 0 Å². The molecule has 0 aliphatic carbocycles. The summed E-state index contributed by atoms with van der Waals surface area (Å²) in [6.45, 7) is -0.0172. The molecule has 1 atom stereocenters. The van der Waals surface area contributed by atoms with Gasteiger partial charge in [0.15, 0.2) is 0 Å². The summed E-state index contributed by atoms with van der Waals surface area (Å²) < 4.78 is 9.24. The molecular formula is C14H14N2O7. The van der Waals surface area contributed by atoms with Crippen LogP contribution in [0.15, 0.2) is 18.2 Å². The van der Waals surface area contributed by atoms with Gasteiger partial charge in [-0.1, -0.05) is 0 Å². The topological polar surface area (TPSA) is 116 Å². The minimum Gasteiger partial charge on any atom is -0.469 e. The molecule has 9 nitrogen and oxygen atoms in total. The number of carbonyl (C=O) groups is 3. The van der Waals surface area contributed by atoms with E-state index >= 15 is 0 Å². The average molecular weight is 322 g/mol. The molecule has 1 heterocycles. The molecule has 1 aliphatic heterocycles. The monoisotopic (exact) mass is 322 g/mol. The fourth-order valence-corrected chi connectivity index (χ4v) is 2.40. The Hall–Kier alpha value is -2.97. The second-order valence-corrected chi connectivity index (χ2v) is 4.88. The molecule has 23 heavy (non-hydrogen) atoms. The second kappa shape index (κ2) is 6.42. The lowest BCUT2D eigenvalue weighted by Crippen LogP contribution is -2.28. The van der Waals surface area contributed by atoms with E-state index in [9.17, 15) is 24.5 Å². The quantitative estimate of drug-likeness (QED) is 0.459. The van der Waals surface area contributed by atoms with Crippen molar-refractivity contribution in [3.8, 4) is 0 Å². The number of ether oxygens (including phenoxy) is 2. The van der Waals surface area contributed by atoms with E-state index in [4.69, 9.17) is 0 Å². The van der Waals surface area contributed by atoms with Gasteiger partial charge in [-0.15, -0.1) is 0 Å². The summed E-state index contributed by atoms with van der Waals surface area (Å²) in [7, 11) is 2.37. The van der Waals surface area contributed by atoms with Crippen LogP contribution in [0.3, 0.4) is 0 Å². The van der Waals surface area contributed by atoms with E-state index in [0.717, 1.165) is 19.2 Å². The molecule has 1 aromatic carbocycles. The molecule has 0 spiro atoms. The summed E-state index contributed by atoms with van der Waals surface area (Å²) >= 11 is 0. The van der Waals surface area contributed by atoms with Crippen molar-refractivity contribution in [2.45, 2.75) is 6.42 Å². The molecule has 1 saturated heterocycles. The Morgan fingerprint density at radius 2 is 2.00 bits per heavy atom. The van der Waals surface area contributed by atoms with Gasteiger partial charge >= 0.3 is 11.9 Å². The highest BCUT2D eigenvalue weighted by Crippen LogP contribution is 2.32. The lowest BCUT2D eigenvalue weighted by Gasteiger charge is -2.19. The van der Waals surface area contributed by atoms with Crippen molar-refractivity contribution in [1.29, 1.82) is 0 Å². The molecule has 0 bridgehead atoms. The lowest BCUT2D eigenvalue weighted by atomic mass is 10.1. The molecule has 1 aromatic rings. The minimum atomic E-state index is -0.732. The van der Waals surface area contributed by atoms with Crippen LogP contribution in [0.25, 0.3) is 0 Å². The van der Waals surface area contributed by atoms with Gasteiger partial charge in [0.05, 0.1) is 36.3 Å². The van der Waals surface area contributed by atoms with Gasteiger partial charge in [-0.3, -0.25) is 19.7 Å². The Balaban J connectivity index is 2.45. The van der Waals surface area contributed by atoms with Crippen molar-refractivity contribution in [2.24, 2.45) is 5.92 Å². The van der Waals surface area contributed by atoms with Gasteiger partial charge in [0.1, 0.15) is 0 Å². The first-order chi connectivity index (χ1) is 10.9. The van der Waals surface area contributed by atoms with Gasteiger partial charge in [0.2, 0.25) is 5.91 Å². The van der Waals surface area contributed by atoms with Crippen LogP contribution in [0.2, 0.25) is 0 Å². The number of carbonyl (C=O) groups excluding carboxylic acids is 3. The predicted octanol–water partition coefficient (Wildman–Crippen LogP) is 0.907. The van der Waals surface area contributed by atoms with Crippen LogP contribution in [-0.4, -0.2) is 43.5 Å². The minimum absolute atomic E-state index is 0.0111. The molecule has 9 heteroatoms. The highest BCUT2D eigenvalue weighted by atomic mass is 16.6. The Kier molecular flexibility index (Phi) is 4.58. The smallest absolute Gasteiger partial charge is 0.339 e. The number of esters is 2. The van der Waals surface area contributed by atoms with Crippen LogP contribution in [0.4, 0.5) is 11.4 Å². The SMILES string of the molecule is COC(=O)c1ccc([N+](=O)[O-])cc1N1CC(C(=O)OC)CC1=O. The average Bonchev–Trinajstić information content (AvgIpc) is 2.94. The number of anilines is 1. The molecule has 0 aromatic heterocycles. The van der Waals surface area contributed by atoms with E-state index in [0.29, 0.717) is 0 Å². The first-order valence-electron chi connectivity index (χ1n) is 6.64. The number of nitrogens with zero attached hydrogens (tertiary/aromatic N) is 2. The van der Waals surface area contributed by atoms with Crippen molar-refractivity contribution >= 4 is 29.2 Å². The first kappa shape index (κ1) is 16.4. The number of hydrogen-bond acceptors (Lipinski definition) is 7. The van der Waals surface area contributed by atoms with Crippen molar-refractivity contribution in [2.75, 3.05) is 25.7 Å². The van der Waals surface area contributed by atoms with Gasteiger partial charge in [0, 0.05) is 25.1 Å². The molecule has 1 unspecified atom stereocenters. The third-order valence-electron chi connectivity index (χ3n) is 3.55. The van der Waals surface area contributed by atoms with Crippen molar-refractivity contribution in [3.05, 3.63) is 33.9 Å². The van der Waals surface area contributed by atoms with Gasteiger partial charge in [-0.25, -0.2) is 4.79 Å². The molecule has 1 aliphatic rings. The molecule has 122 valence electrons. The van der Waals surface area contributed by atoms with E-state index in [2.05, 4.69) is 9.47 Å². The van der Waals surface area contributed by atoms with Gasteiger partial charge in [-0.2, -0.15) is 0 Å². The molecule has 0 saturated carbocycles. The normalized spacial score (nSPS) is 17.0. The Labute approximate surface area is 130 Å². The van der Waals surface area contributed by atoms with Crippen LogP contribution >= 0.6 is 0 Å². The van der Waals surface area contributed by atoms with Crippen LogP contribution in [0.1, 0.15) is 16.8 Å².